The van der Waals surface area contributed by atoms with Crippen molar-refractivity contribution < 1.29 is 9.90 Å². The fourth-order valence-corrected chi connectivity index (χ4v) is 2.03. The lowest BCUT2D eigenvalue weighted by Crippen LogP contribution is -2.17. The Bertz CT molecular complexity index is 396. The van der Waals surface area contributed by atoms with E-state index in [2.05, 4.69) is 21.2 Å². The second-order valence-electron chi connectivity index (χ2n) is 3.51. The number of carboxylic acids is 1. The van der Waals surface area contributed by atoms with Gasteiger partial charge in [0, 0.05) is 22.6 Å². The van der Waals surface area contributed by atoms with Crippen LogP contribution in [-0.4, -0.2) is 17.6 Å². The zero-order valence-corrected chi connectivity index (χ0v) is 11.2. The summed E-state index contributed by atoms with van der Waals surface area (Å²) in [7, 11) is 0. The molecule has 0 amide bonds. The Balaban J connectivity index is 2.54. The normalized spacial score (nSPS) is 10.4. The smallest absolute Gasteiger partial charge is 0.304 e. The van der Waals surface area contributed by atoms with Gasteiger partial charge in [-0.05, 0) is 30.2 Å². The number of aliphatic carboxylic acids is 1. The van der Waals surface area contributed by atoms with Gasteiger partial charge in [0.05, 0.1) is 6.42 Å². The maximum absolute atomic E-state index is 10.3. The Morgan fingerprint density at radius 3 is 2.88 bits per heavy atom. The fourth-order valence-electron chi connectivity index (χ4n) is 1.24. The van der Waals surface area contributed by atoms with Gasteiger partial charge >= 0.3 is 5.97 Å². The van der Waals surface area contributed by atoms with Gasteiger partial charge in [-0.15, -0.1) is 0 Å². The van der Waals surface area contributed by atoms with Crippen LogP contribution in [0.25, 0.3) is 0 Å². The molecule has 1 rings (SSSR count). The van der Waals surface area contributed by atoms with E-state index in [9.17, 15) is 4.79 Å². The van der Waals surface area contributed by atoms with Crippen molar-refractivity contribution in [2.24, 2.45) is 0 Å². The zero-order valence-electron chi connectivity index (χ0n) is 8.89. The second-order valence-corrected chi connectivity index (χ2v) is 4.77. The summed E-state index contributed by atoms with van der Waals surface area (Å²) in [5.41, 5.74) is 2.05. The summed E-state index contributed by atoms with van der Waals surface area (Å²) < 4.78 is 0.984. The third kappa shape index (κ3) is 4.12. The molecule has 0 saturated carbocycles. The number of benzene rings is 1. The molecular formula is C11H13BrClNO2. The van der Waals surface area contributed by atoms with E-state index in [4.69, 9.17) is 16.7 Å². The first kappa shape index (κ1) is 13.5. The van der Waals surface area contributed by atoms with Crippen molar-refractivity contribution in [3.63, 3.8) is 0 Å². The molecule has 0 fully saturated rings. The van der Waals surface area contributed by atoms with Crippen LogP contribution in [0, 0.1) is 6.92 Å². The van der Waals surface area contributed by atoms with Gasteiger partial charge in [-0.25, -0.2) is 0 Å². The molecule has 1 aromatic rings. The van der Waals surface area contributed by atoms with E-state index in [0.29, 0.717) is 13.1 Å². The van der Waals surface area contributed by atoms with E-state index in [1.807, 2.05) is 19.1 Å². The van der Waals surface area contributed by atoms with Crippen LogP contribution < -0.4 is 5.32 Å². The van der Waals surface area contributed by atoms with E-state index >= 15 is 0 Å². The highest BCUT2D eigenvalue weighted by Gasteiger charge is 2.04. The van der Waals surface area contributed by atoms with E-state index in [-0.39, 0.29) is 6.42 Å². The minimum Gasteiger partial charge on any atom is -0.481 e. The van der Waals surface area contributed by atoms with Gasteiger partial charge in [-0.2, -0.15) is 0 Å². The van der Waals surface area contributed by atoms with E-state index < -0.39 is 5.97 Å². The Kier molecular flexibility index (Phi) is 5.25. The van der Waals surface area contributed by atoms with E-state index in [1.54, 1.807) is 0 Å². The Hall–Kier alpha value is -0.580. The van der Waals surface area contributed by atoms with Crippen LogP contribution in [0.1, 0.15) is 17.5 Å². The Morgan fingerprint density at radius 2 is 2.25 bits per heavy atom. The molecule has 16 heavy (non-hydrogen) atoms. The first-order chi connectivity index (χ1) is 7.50. The molecule has 0 bridgehead atoms. The van der Waals surface area contributed by atoms with E-state index in [1.165, 1.54) is 0 Å². The number of aryl methyl sites for hydroxylation is 1. The lowest BCUT2D eigenvalue weighted by molar-refractivity contribution is -0.136. The van der Waals surface area contributed by atoms with Crippen molar-refractivity contribution in [1.82, 2.24) is 5.32 Å². The molecule has 0 aliphatic carbocycles. The Labute approximate surface area is 108 Å². The standard InChI is InChI=1S/C11H13BrClNO2/c1-7-4-9(12)8(5-10(7)13)6-14-3-2-11(15)16/h4-5,14H,2-3,6H2,1H3,(H,15,16). The number of rotatable bonds is 5. The largest absolute Gasteiger partial charge is 0.481 e. The molecule has 0 aliphatic rings. The second kappa shape index (κ2) is 6.23. The lowest BCUT2D eigenvalue weighted by Gasteiger charge is -2.08. The predicted molar refractivity (Wildman–Crippen MR) is 67.8 cm³/mol. The predicted octanol–water partition coefficient (Wildman–Crippen LogP) is 2.98. The molecular weight excluding hydrogens is 293 g/mol. The average molecular weight is 307 g/mol. The highest BCUT2D eigenvalue weighted by molar-refractivity contribution is 9.10. The maximum Gasteiger partial charge on any atom is 0.304 e. The van der Waals surface area contributed by atoms with Gasteiger partial charge in [0.25, 0.3) is 0 Å². The zero-order chi connectivity index (χ0) is 12.1. The van der Waals surface area contributed by atoms with Crippen LogP contribution in [0.3, 0.4) is 0 Å². The summed E-state index contributed by atoms with van der Waals surface area (Å²) in [5, 5.41) is 12.2. The number of nitrogens with one attached hydrogen (secondary N) is 1. The highest BCUT2D eigenvalue weighted by Crippen LogP contribution is 2.24. The fraction of sp³-hybridized carbons (Fsp3) is 0.364. The summed E-state index contributed by atoms with van der Waals surface area (Å²) in [4.78, 5) is 10.3. The molecule has 0 aromatic heterocycles. The van der Waals surface area contributed by atoms with Gasteiger partial charge in [-0.1, -0.05) is 27.5 Å². The maximum atomic E-state index is 10.3. The third-order valence-corrected chi connectivity index (χ3v) is 3.30. The van der Waals surface area contributed by atoms with E-state index in [0.717, 1.165) is 20.6 Å². The summed E-state index contributed by atoms with van der Waals surface area (Å²) >= 11 is 9.45. The van der Waals surface area contributed by atoms with Crippen LogP contribution in [0.2, 0.25) is 5.02 Å². The average Bonchev–Trinajstić information content (AvgIpc) is 2.19. The van der Waals surface area contributed by atoms with Gasteiger partial charge in [-0.3, -0.25) is 4.79 Å². The SMILES string of the molecule is Cc1cc(Br)c(CNCCC(=O)O)cc1Cl. The molecule has 5 heteroatoms. The Morgan fingerprint density at radius 1 is 1.56 bits per heavy atom. The van der Waals surface area contributed by atoms with Gasteiger partial charge < -0.3 is 10.4 Å². The molecule has 2 N–H and O–H groups in total. The molecule has 0 radical (unpaired) electrons. The van der Waals surface area contributed by atoms with Crippen LogP contribution in [-0.2, 0) is 11.3 Å². The molecule has 1 aromatic carbocycles. The molecule has 0 unspecified atom stereocenters. The van der Waals surface area contributed by atoms with Crippen molar-refractivity contribution >= 4 is 33.5 Å². The minimum atomic E-state index is -0.798. The van der Waals surface area contributed by atoms with Gasteiger partial charge in [0.15, 0.2) is 0 Å². The van der Waals surface area contributed by atoms with Crippen LogP contribution in [0.4, 0.5) is 0 Å². The monoisotopic (exact) mass is 305 g/mol. The lowest BCUT2D eigenvalue weighted by atomic mass is 10.1. The molecule has 3 nitrogen and oxygen atoms in total. The number of carboxylic acid groups (broad SMARTS) is 1. The summed E-state index contributed by atoms with van der Waals surface area (Å²) in [6, 6.07) is 3.84. The van der Waals surface area contributed by atoms with Crippen molar-refractivity contribution in [3.05, 3.63) is 32.8 Å². The number of carbonyl (C=O) groups is 1. The van der Waals surface area contributed by atoms with Crippen molar-refractivity contribution in [3.8, 4) is 0 Å². The minimum absolute atomic E-state index is 0.122. The van der Waals surface area contributed by atoms with Crippen molar-refractivity contribution in [2.45, 2.75) is 19.9 Å². The number of hydrogen-bond acceptors (Lipinski definition) is 2. The molecule has 0 atom stereocenters. The highest BCUT2D eigenvalue weighted by atomic mass is 79.9. The first-order valence-corrected chi connectivity index (χ1v) is 6.05. The number of hydrogen-bond donors (Lipinski definition) is 2. The molecule has 88 valence electrons. The molecule has 0 spiro atoms. The topological polar surface area (TPSA) is 49.3 Å². The first-order valence-electron chi connectivity index (χ1n) is 4.87. The van der Waals surface area contributed by atoms with Crippen LogP contribution in [0.5, 0.6) is 0 Å². The molecule has 0 aliphatic heterocycles. The summed E-state index contributed by atoms with van der Waals surface area (Å²) in [5.74, 6) is -0.798. The number of halogens is 2. The molecule has 0 saturated heterocycles. The van der Waals surface area contributed by atoms with Crippen LogP contribution >= 0.6 is 27.5 Å². The molecule has 0 heterocycles. The van der Waals surface area contributed by atoms with Crippen LogP contribution in [0.15, 0.2) is 16.6 Å². The summed E-state index contributed by atoms with van der Waals surface area (Å²) in [6.45, 7) is 3.00. The quantitative estimate of drug-likeness (QED) is 0.822. The van der Waals surface area contributed by atoms with Gasteiger partial charge in [0.2, 0.25) is 0 Å². The van der Waals surface area contributed by atoms with Crippen molar-refractivity contribution in [2.75, 3.05) is 6.54 Å². The third-order valence-electron chi connectivity index (χ3n) is 2.16. The summed E-state index contributed by atoms with van der Waals surface area (Å²) in [6.07, 6.45) is 0.122. The van der Waals surface area contributed by atoms with Crippen molar-refractivity contribution in [1.29, 1.82) is 0 Å². The van der Waals surface area contributed by atoms with Gasteiger partial charge in [0.1, 0.15) is 0 Å².